The van der Waals surface area contributed by atoms with E-state index in [9.17, 15) is 4.79 Å². The Morgan fingerprint density at radius 3 is 1.92 bits per heavy atom. The molecule has 0 aliphatic heterocycles. The summed E-state index contributed by atoms with van der Waals surface area (Å²) in [7, 11) is -1.01. The largest absolute Gasteiger partial charge is 0.481 e. The summed E-state index contributed by atoms with van der Waals surface area (Å²) >= 11 is 0. The third-order valence-corrected chi connectivity index (χ3v) is 6.33. The van der Waals surface area contributed by atoms with Crippen LogP contribution in [0.4, 0.5) is 0 Å². The lowest BCUT2D eigenvalue weighted by Crippen LogP contribution is -2.32. The number of hydrogen-bond donors (Lipinski definition) is 1. The Balaban J connectivity index is 2.44. The number of aliphatic carboxylic acids is 1. The first kappa shape index (κ1) is 10.8. The van der Waals surface area contributed by atoms with Crippen LogP contribution in [0.5, 0.6) is 0 Å². The van der Waals surface area contributed by atoms with Gasteiger partial charge in [0.2, 0.25) is 0 Å². The Labute approximate surface area is 81.4 Å². The standard InChI is InChI=1S/C10H20O2Si/c1-13(2,3)9-6-4-8(5-7-9)10(11)12/h8-9H,4-7H2,1-3H3,(H,11,12). The van der Waals surface area contributed by atoms with Crippen molar-refractivity contribution in [2.75, 3.05) is 0 Å². The van der Waals surface area contributed by atoms with E-state index in [1.54, 1.807) is 0 Å². The minimum Gasteiger partial charge on any atom is -0.481 e. The van der Waals surface area contributed by atoms with Crippen molar-refractivity contribution < 1.29 is 9.90 Å². The van der Waals surface area contributed by atoms with Crippen molar-refractivity contribution in [2.45, 2.75) is 50.9 Å². The molecular formula is C10H20O2Si. The number of rotatable bonds is 2. The summed E-state index contributed by atoms with van der Waals surface area (Å²) in [6.45, 7) is 7.16. The first-order chi connectivity index (χ1) is 5.91. The van der Waals surface area contributed by atoms with Gasteiger partial charge in [-0.3, -0.25) is 4.79 Å². The fourth-order valence-electron chi connectivity index (χ4n) is 2.21. The summed E-state index contributed by atoms with van der Waals surface area (Å²) in [5, 5.41) is 8.84. The van der Waals surface area contributed by atoms with Crippen LogP contribution in [0.15, 0.2) is 0 Å². The second-order valence-corrected chi connectivity index (χ2v) is 10.8. The van der Waals surface area contributed by atoms with Crippen molar-refractivity contribution in [3.05, 3.63) is 0 Å². The monoisotopic (exact) mass is 200 g/mol. The normalized spacial score (nSPS) is 30.1. The van der Waals surface area contributed by atoms with Gasteiger partial charge in [-0.25, -0.2) is 0 Å². The molecule has 0 aromatic carbocycles. The molecule has 0 aromatic heterocycles. The van der Waals surface area contributed by atoms with E-state index in [1.807, 2.05) is 0 Å². The maximum Gasteiger partial charge on any atom is 0.306 e. The summed E-state index contributed by atoms with van der Waals surface area (Å²) in [5.41, 5.74) is 0.850. The van der Waals surface area contributed by atoms with E-state index in [0.29, 0.717) is 0 Å². The van der Waals surface area contributed by atoms with Crippen LogP contribution < -0.4 is 0 Å². The Bertz CT molecular complexity index is 188. The van der Waals surface area contributed by atoms with Gasteiger partial charge in [0.1, 0.15) is 0 Å². The molecule has 0 unspecified atom stereocenters. The fraction of sp³-hybridized carbons (Fsp3) is 0.900. The van der Waals surface area contributed by atoms with Gasteiger partial charge in [0, 0.05) is 8.07 Å². The first-order valence-corrected chi connectivity index (χ1v) is 8.72. The molecule has 1 aliphatic rings. The molecule has 0 amide bonds. The molecule has 0 saturated heterocycles. The van der Waals surface area contributed by atoms with Crippen LogP contribution in [-0.4, -0.2) is 19.1 Å². The Morgan fingerprint density at radius 1 is 1.15 bits per heavy atom. The van der Waals surface area contributed by atoms with Crippen molar-refractivity contribution in [3.8, 4) is 0 Å². The average Bonchev–Trinajstić information content (AvgIpc) is 2.03. The van der Waals surface area contributed by atoms with E-state index in [-0.39, 0.29) is 5.92 Å². The average molecular weight is 200 g/mol. The summed E-state index contributed by atoms with van der Waals surface area (Å²) in [5.74, 6) is -0.637. The quantitative estimate of drug-likeness (QED) is 0.696. The van der Waals surface area contributed by atoms with Gasteiger partial charge in [-0.05, 0) is 18.4 Å². The SMILES string of the molecule is C[Si](C)(C)C1CCC(C(=O)O)CC1. The van der Waals surface area contributed by atoms with Crippen LogP contribution in [-0.2, 0) is 4.79 Å². The Kier molecular flexibility index (Phi) is 3.17. The second kappa shape index (κ2) is 3.82. The van der Waals surface area contributed by atoms with Crippen molar-refractivity contribution >= 4 is 14.0 Å². The minimum atomic E-state index is -1.01. The predicted molar refractivity (Wildman–Crippen MR) is 56.7 cm³/mol. The Hall–Kier alpha value is -0.313. The molecule has 3 heteroatoms. The second-order valence-electron chi connectivity index (χ2n) is 5.25. The van der Waals surface area contributed by atoms with E-state index in [4.69, 9.17) is 5.11 Å². The topological polar surface area (TPSA) is 37.3 Å². The molecule has 1 saturated carbocycles. The molecule has 1 fully saturated rings. The highest BCUT2D eigenvalue weighted by Gasteiger charge is 2.33. The third kappa shape index (κ3) is 2.83. The van der Waals surface area contributed by atoms with Crippen LogP contribution in [0.3, 0.4) is 0 Å². The van der Waals surface area contributed by atoms with Crippen molar-refractivity contribution in [1.82, 2.24) is 0 Å². The molecule has 13 heavy (non-hydrogen) atoms. The maximum absolute atomic E-state index is 10.7. The fourth-order valence-corrected chi connectivity index (χ4v) is 4.27. The van der Waals surface area contributed by atoms with Crippen molar-refractivity contribution in [2.24, 2.45) is 5.92 Å². The van der Waals surface area contributed by atoms with Gasteiger partial charge < -0.3 is 5.11 Å². The lowest BCUT2D eigenvalue weighted by molar-refractivity contribution is -0.142. The van der Waals surface area contributed by atoms with Gasteiger partial charge in [-0.2, -0.15) is 0 Å². The molecular weight excluding hydrogens is 180 g/mol. The van der Waals surface area contributed by atoms with Crippen molar-refractivity contribution in [3.63, 3.8) is 0 Å². The maximum atomic E-state index is 10.7. The van der Waals surface area contributed by atoms with Crippen LogP contribution >= 0.6 is 0 Å². The van der Waals surface area contributed by atoms with Crippen LogP contribution in [0.25, 0.3) is 0 Å². The molecule has 0 spiro atoms. The van der Waals surface area contributed by atoms with E-state index in [0.717, 1.165) is 31.2 Å². The van der Waals surface area contributed by atoms with E-state index >= 15 is 0 Å². The molecule has 1 N–H and O–H groups in total. The number of carboxylic acids is 1. The zero-order valence-corrected chi connectivity index (χ0v) is 9.84. The van der Waals surface area contributed by atoms with Gasteiger partial charge in [0.25, 0.3) is 0 Å². The smallest absolute Gasteiger partial charge is 0.306 e. The summed E-state index contributed by atoms with van der Waals surface area (Å²) in [6, 6.07) is 0. The lowest BCUT2D eigenvalue weighted by atomic mass is 9.89. The summed E-state index contributed by atoms with van der Waals surface area (Å²) in [6.07, 6.45) is 4.11. The third-order valence-electron chi connectivity index (χ3n) is 3.30. The van der Waals surface area contributed by atoms with Crippen LogP contribution in [0.2, 0.25) is 25.2 Å². The molecule has 0 radical (unpaired) electrons. The molecule has 2 nitrogen and oxygen atoms in total. The van der Waals surface area contributed by atoms with Gasteiger partial charge in [-0.1, -0.05) is 32.5 Å². The Morgan fingerprint density at radius 2 is 1.62 bits per heavy atom. The lowest BCUT2D eigenvalue weighted by Gasteiger charge is -2.34. The summed E-state index contributed by atoms with van der Waals surface area (Å²) < 4.78 is 0. The predicted octanol–water partition coefficient (Wildman–Crippen LogP) is 2.97. The highest BCUT2D eigenvalue weighted by atomic mass is 28.3. The van der Waals surface area contributed by atoms with Gasteiger partial charge in [0.15, 0.2) is 0 Å². The van der Waals surface area contributed by atoms with Crippen LogP contribution in [0, 0.1) is 5.92 Å². The van der Waals surface area contributed by atoms with Crippen LogP contribution in [0.1, 0.15) is 25.7 Å². The van der Waals surface area contributed by atoms with Gasteiger partial charge in [-0.15, -0.1) is 0 Å². The van der Waals surface area contributed by atoms with Crippen molar-refractivity contribution in [1.29, 1.82) is 0 Å². The molecule has 76 valence electrons. The number of carboxylic acid groups (broad SMARTS) is 1. The van der Waals surface area contributed by atoms with Gasteiger partial charge >= 0.3 is 5.97 Å². The number of carbonyl (C=O) groups is 1. The molecule has 1 aliphatic carbocycles. The summed E-state index contributed by atoms with van der Waals surface area (Å²) in [4.78, 5) is 10.7. The van der Waals surface area contributed by atoms with Gasteiger partial charge in [0.05, 0.1) is 5.92 Å². The van der Waals surface area contributed by atoms with E-state index in [1.165, 1.54) is 0 Å². The molecule has 0 heterocycles. The number of hydrogen-bond acceptors (Lipinski definition) is 1. The highest BCUT2D eigenvalue weighted by Crippen LogP contribution is 2.39. The minimum absolute atomic E-state index is 0.0485. The van der Waals surface area contributed by atoms with E-state index < -0.39 is 14.0 Å². The molecule has 0 bridgehead atoms. The zero-order chi connectivity index (χ0) is 10.1. The molecule has 1 rings (SSSR count). The van der Waals surface area contributed by atoms with E-state index in [2.05, 4.69) is 19.6 Å². The first-order valence-electron chi connectivity index (χ1n) is 5.14. The molecule has 0 atom stereocenters. The molecule has 0 aromatic rings. The highest BCUT2D eigenvalue weighted by molar-refractivity contribution is 6.77. The zero-order valence-electron chi connectivity index (χ0n) is 8.84.